The topological polar surface area (TPSA) is 45.2 Å². The molecule has 1 aliphatic rings. The molecule has 0 saturated carbocycles. The number of hydrogen-bond acceptors (Lipinski definition) is 5. The normalized spacial score (nSPS) is 16.8. The largest absolute Gasteiger partial charge is 0.491 e. The van der Waals surface area contributed by atoms with Gasteiger partial charge in [0.05, 0.1) is 6.10 Å². The third-order valence-corrected chi connectivity index (χ3v) is 5.46. The summed E-state index contributed by atoms with van der Waals surface area (Å²) in [6, 6.07) is 18.5. The molecule has 2 aromatic rings. The molecule has 5 heteroatoms. The second kappa shape index (κ2) is 11.3. The number of hydrogen-bond donors (Lipinski definition) is 1. The molecule has 1 atom stereocenters. The van der Waals surface area contributed by atoms with Crippen molar-refractivity contribution >= 4 is 0 Å². The van der Waals surface area contributed by atoms with E-state index in [9.17, 15) is 5.11 Å². The molecule has 0 amide bonds. The average molecular weight is 399 g/mol. The van der Waals surface area contributed by atoms with Crippen molar-refractivity contribution in [2.24, 2.45) is 0 Å². The fourth-order valence-electron chi connectivity index (χ4n) is 3.82. The predicted octanol–water partition coefficient (Wildman–Crippen LogP) is 3.17. The van der Waals surface area contributed by atoms with Gasteiger partial charge in [0, 0.05) is 39.8 Å². The maximum Gasteiger partial charge on any atom is 0.119 e. The summed E-state index contributed by atoms with van der Waals surface area (Å²) in [5.74, 6) is 0.802. The van der Waals surface area contributed by atoms with Gasteiger partial charge in [-0.05, 0) is 43.1 Å². The molecule has 1 unspecified atom stereocenters. The monoisotopic (exact) mass is 398 g/mol. The van der Waals surface area contributed by atoms with Crippen LogP contribution in [0.3, 0.4) is 0 Å². The highest BCUT2D eigenvalue weighted by Gasteiger charge is 2.18. The number of ether oxygens (including phenoxy) is 2. The second-order valence-corrected chi connectivity index (χ2v) is 8.00. The van der Waals surface area contributed by atoms with Gasteiger partial charge in [0.25, 0.3) is 0 Å². The summed E-state index contributed by atoms with van der Waals surface area (Å²) < 4.78 is 11.2. The molecule has 1 aliphatic heterocycles. The Labute approximate surface area is 174 Å². The molecule has 0 aliphatic carbocycles. The first kappa shape index (κ1) is 21.8. The Morgan fingerprint density at radius 1 is 1.03 bits per heavy atom. The van der Waals surface area contributed by atoms with Crippen molar-refractivity contribution < 1.29 is 14.6 Å². The summed E-state index contributed by atoms with van der Waals surface area (Å²) in [6.45, 7) is 4.81. The van der Waals surface area contributed by atoms with Gasteiger partial charge in [0.15, 0.2) is 0 Å². The lowest BCUT2D eigenvalue weighted by Gasteiger charge is -2.31. The third-order valence-electron chi connectivity index (χ3n) is 5.46. The number of aliphatic hydroxyl groups excluding tert-OH is 1. The quantitative estimate of drug-likeness (QED) is 0.666. The maximum atomic E-state index is 10.3. The van der Waals surface area contributed by atoms with Gasteiger partial charge in [0.2, 0.25) is 0 Å². The molecule has 0 spiro atoms. The lowest BCUT2D eigenvalue weighted by atomic mass is 10.1. The van der Waals surface area contributed by atoms with Gasteiger partial charge in [-0.1, -0.05) is 42.5 Å². The van der Waals surface area contributed by atoms with E-state index in [1.807, 2.05) is 37.4 Å². The van der Waals surface area contributed by atoms with E-state index in [1.54, 1.807) is 7.11 Å². The van der Waals surface area contributed by atoms with Crippen molar-refractivity contribution in [2.75, 3.05) is 40.4 Å². The Hall–Kier alpha value is -1.92. The lowest BCUT2D eigenvalue weighted by Crippen LogP contribution is -2.36. The number of rotatable bonds is 10. The van der Waals surface area contributed by atoms with Crippen LogP contribution >= 0.6 is 0 Å². The zero-order valence-corrected chi connectivity index (χ0v) is 17.7. The second-order valence-electron chi connectivity index (χ2n) is 8.00. The van der Waals surface area contributed by atoms with Crippen molar-refractivity contribution in [1.29, 1.82) is 0 Å². The number of aliphatic hydroxyl groups is 1. The minimum Gasteiger partial charge on any atom is -0.491 e. The third kappa shape index (κ3) is 7.44. The molecular formula is C24H34N2O3. The fourth-order valence-corrected chi connectivity index (χ4v) is 3.82. The van der Waals surface area contributed by atoms with Crippen LogP contribution in [0, 0.1) is 0 Å². The molecule has 1 saturated heterocycles. The smallest absolute Gasteiger partial charge is 0.119 e. The van der Waals surface area contributed by atoms with Gasteiger partial charge in [-0.15, -0.1) is 0 Å². The summed E-state index contributed by atoms with van der Waals surface area (Å²) in [5, 5.41) is 10.3. The van der Waals surface area contributed by atoms with Crippen LogP contribution in [0.1, 0.15) is 24.0 Å². The van der Waals surface area contributed by atoms with E-state index >= 15 is 0 Å². The predicted molar refractivity (Wildman–Crippen MR) is 116 cm³/mol. The Morgan fingerprint density at radius 2 is 1.72 bits per heavy atom. The molecule has 0 bridgehead atoms. The average Bonchev–Trinajstić information content (AvgIpc) is 2.74. The molecule has 1 N–H and O–H groups in total. The highest BCUT2D eigenvalue weighted by atomic mass is 16.5. The van der Waals surface area contributed by atoms with Crippen molar-refractivity contribution in [3.63, 3.8) is 0 Å². The van der Waals surface area contributed by atoms with Crippen molar-refractivity contribution in [3.05, 3.63) is 65.7 Å². The molecule has 29 heavy (non-hydrogen) atoms. The minimum absolute atomic E-state index is 0.295. The first-order valence-electron chi connectivity index (χ1n) is 10.5. The highest BCUT2D eigenvalue weighted by molar-refractivity contribution is 5.27. The van der Waals surface area contributed by atoms with Crippen LogP contribution in [0.2, 0.25) is 0 Å². The van der Waals surface area contributed by atoms with E-state index in [0.29, 0.717) is 19.3 Å². The first-order chi connectivity index (χ1) is 14.1. The van der Waals surface area contributed by atoms with Crippen LogP contribution in [-0.2, 0) is 17.8 Å². The van der Waals surface area contributed by atoms with Gasteiger partial charge in [-0.3, -0.25) is 9.80 Å². The number of nitrogens with zero attached hydrogens (tertiary/aromatic N) is 2. The molecule has 0 radical (unpaired) electrons. The standard InChI is InChI=1S/C24H34N2O3/c1-25(16-20-6-4-3-5-7-20)18-22(27)19-29-24-10-8-21(9-11-24)17-26-14-12-23(28-2)13-15-26/h3-11,22-23,27H,12-19H2,1-2H3. The summed E-state index contributed by atoms with van der Waals surface area (Å²) in [5.41, 5.74) is 2.53. The molecule has 1 heterocycles. The van der Waals surface area contributed by atoms with Gasteiger partial charge in [-0.25, -0.2) is 0 Å². The van der Waals surface area contributed by atoms with Gasteiger partial charge in [-0.2, -0.15) is 0 Å². The van der Waals surface area contributed by atoms with Crippen LogP contribution in [0.15, 0.2) is 54.6 Å². The summed E-state index contributed by atoms with van der Waals surface area (Å²) >= 11 is 0. The number of methoxy groups -OCH3 is 1. The SMILES string of the molecule is COC1CCN(Cc2ccc(OCC(O)CN(C)Cc3ccccc3)cc2)CC1. The van der Waals surface area contributed by atoms with E-state index in [0.717, 1.165) is 44.8 Å². The molecule has 158 valence electrons. The maximum absolute atomic E-state index is 10.3. The van der Waals surface area contributed by atoms with Crippen molar-refractivity contribution in [2.45, 2.75) is 38.1 Å². The summed E-state index contributed by atoms with van der Waals surface area (Å²) in [7, 11) is 3.82. The molecular weight excluding hydrogens is 364 g/mol. The van der Waals surface area contributed by atoms with E-state index < -0.39 is 6.10 Å². The molecule has 5 nitrogen and oxygen atoms in total. The summed E-state index contributed by atoms with van der Waals surface area (Å²) in [6.07, 6.45) is 2.11. The van der Waals surface area contributed by atoms with Crippen molar-refractivity contribution in [1.82, 2.24) is 9.80 Å². The lowest BCUT2D eigenvalue weighted by molar-refractivity contribution is 0.0388. The number of benzene rings is 2. The zero-order chi connectivity index (χ0) is 20.5. The van der Waals surface area contributed by atoms with Crippen LogP contribution in [0.4, 0.5) is 0 Å². The van der Waals surface area contributed by atoms with Gasteiger partial charge < -0.3 is 14.6 Å². The molecule has 2 aromatic carbocycles. The number of likely N-dealkylation sites (tertiary alicyclic amines) is 1. The van der Waals surface area contributed by atoms with Gasteiger partial charge in [0.1, 0.15) is 18.5 Å². The Balaban J connectivity index is 1.37. The van der Waals surface area contributed by atoms with Crippen LogP contribution in [-0.4, -0.2) is 67.5 Å². The Morgan fingerprint density at radius 3 is 2.38 bits per heavy atom. The molecule has 1 fully saturated rings. The van der Waals surface area contributed by atoms with E-state index in [1.165, 1.54) is 11.1 Å². The van der Waals surface area contributed by atoms with Crippen LogP contribution in [0.25, 0.3) is 0 Å². The minimum atomic E-state index is -0.523. The number of piperidine rings is 1. The Kier molecular flexibility index (Phi) is 8.50. The van der Waals surface area contributed by atoms with E-state index in [-0.39, 0.29) is 0 Å². The van der Waals surface area contributed by atoms with Gasteiger partial charge >= 0.3 is 0 Å². The fraction of sp³-hybridized carbons (Fsp3) is 0.500. The zero-order valence-electron chi connectivity index (χ0n) is 17.7. The molecule has 3 rings (SSSR count). The summed E-state index contributed by atoms with van der Waals surface area (Å²) in [4.78, 5) is 4.58. The number of likely N-dealkylation sites (N-methyl/N-ethyl adjacent to an activating group) is 1. The Bertz CT molecular complexity index is 700. The van der Waals surface area contributed by atoms with E-state index in [4.69, 9.17) is 9.47 Å². The first-order valence-corrected chi connectivity index (χ1v) is 10.5. The highest BCUT2D eigenvalue weighted by Crippen LogP contribution is 2.18. The van der Waals surface area contributed by atoms with E-state index in [2.05, 4.69) is 34.1 Å². The van der Waals surface area contributed by atoms with Crippen LogP contribution in [0.5, 0.6) is 5.75 Å². The van der Waals surface area contributed by atoms with Crippen LogP contribution < -0.4 is 4.74 Å². The molecule has 0 aromatic heterocycles. The van der Waals surface area contributed by atoms with Crippen molar-refractivity contribution in [3.8, 4) is 5.75 Å².